The van der Waals surface area contributed by atoms with Crippen LogP contribution in [0.1, 0.15) is 37.3 Å². The number of hydrogen-bond donors (Lipinski definition) is 0. The average Bonchev–Trinajstić information content (AvgIpc) is 3.43. The van der Waals surface area contributed by atoms with E-state index < -0.39 is 32.6 Å². The molecule has 2 fully saturated rings. The van der Waals surface area contributed by atoms with Gasteiger partial charge in [0.05, 0.1) is 21.5 Å². The lowest BCUT2D eigenvalue weighted by Gasteiger charge is -2.44. The van der Waals surface area contributed by atoms with Crippen molar-refractivity contribution in [1.29, 1.82) is 0 Å². The normalized spacial score (nSPS) is 25.3. The molecule has 214 valence electrons. The summed E-state index contributed by atoms with van der Waals surface area (Å²) in [5, 5.41) is 0. The number of sulfonamides is 1. The van der Waals surface area contributed by atoms with Crippen LogP contribution in [-0.4, -0.2) is 61.4 Å². The Kier molecular flexibility index (Phi) is 7.42. The van der Waals surface area contributed by atoms with Crippen LogP contribution in [0.25, 0.3) is 0 Å². The Bertz CT molecular complexity index is 1550. The van der Waals surface area contributed by atoms with E-state index >= 15 is 0 Å². The van der Waals surface area contributed by atoms with E-state index in [4.69, 9.17) is 4.74 Å². The lowest BCUT2D eigenvalue weighted by Crippen LogP contribution is -2.66. The van der Waals surface area contributed by atoms with Gasteiger partial charge in [-0.15, -0.1) is 0 Å². The summed E-state index contributed by atoms with van der Waals surface area (Å²) in [5.41, 5.74) is 2.38. The molecule has 0 aliphatic carbocycles. The molecule has 10 heteroatoms. The zero-order chi connectivity index (χ0) is 28.8. The number of halogens is 1. The van der Waals surface area contributed by atoms with E-state index in [1.165, 1.54) is 9.21 Å². The minimum atomic E-state index is -4.04. The number of anilines is 1. The lowest BCUT2D eigenvalue weighted by atomic mass is 9.95. The number of rotatable bonds is 9. The molecule has 4 atom stereocenters. The Labute approximate surface area is 249 Å². The van der Waals surface area contributed by atoms with E-state index in [1.807, 2.05) is 42.5 Å². The van der Waals surface area contributed by atoms with Crippen molar-refractivity contribution < 1.29 is 22.7 Å². The fourth-order valence-electron chi connectivity index (χ4n) is 6.31. The second-order valence-corrected chi connectivity index (χ2v) is 14.0. The summed E-state index contributed by atoms with van der Waals surface area (Å²) in [5.74, 6) is -0.396. The Morgan fingerprint density at radius 1 is 0.902 bits per heavy atom. The largest absolute Gasteiger partial charge is 0.377 e. The summed E-state index contributed by atoms with van der Waals surface area (Å²) < 4.78 is 34.3. The van der Waals surface area contributed by atoms with Gasteiger partial charge in [-0.3, -0.25) is 9.59 Å². The highest BCUT2D eigenvalue weighted by atomic mass is 79.9. The number of para-hydroxylation sites is 1. The highest BCUT2D eigenvalue weighted by Gasteiger charge is 2.67. The van der Waals surface area contributed by atoms with Crippen LogP contribution >= 0.6 is 15.9 Å². The Morgan fingerprint density at radius 3 is 2.29 bits per heavy atom. The van der Waals surface area contributed by atoms with Crippen LogP contribution in [0.15, 0.2) is 89.8 Å². The Balaban J connectivity index is 1.22. The first-order valence-electron chi connectivity index (χ1n) is 13.9. The second-order valence-electron chi connectivity index (χ2n) is 10.8. The van der Waals surface area contributed by atoms with Gasteiger partial charge in [0.15, 0.2) is 0 Å². The van der Waals surface area contributed by atoms with Crippen LogP contribution < -0.4 is 4.31 Å². The van der Waals surface area contributed by atoms with Crippen LogP contribution in [0, 0.1) is 0 Å². The number of fused-ring (bicyclic) bond motifs is 5. The standard InChI is InChI=1S/C31H32BrN3O5S/c1-22-28(36)34-27(29(37)33(22)18-10-11-19-40-21-23-12-4-2-5-13-23)20-31(32)25-16-8-9-17-26(25)35(30(31)34)41(38,39)24-14-6-3-7-15-24/h2-9,12-17,22,27,30H,10-11,18-21H2,1H3/t22-,27-,30-,31-/m0/s1. The molecule has 2 amide bonds. The molecular weight excluding hydrogens is 606 g/mol. The molecule has 0 unspecified atom stereocenters. The molecule has 0 saturated carbocycles. The minimum Gasteiger partial charge on any atom is -0.377 e. The Morgan fingerprint density at radius 2 is 1.56 bits per heavy atom. The summed E-state index contributed by atoms with van der Waals surface area (Å²) in [6, 6.07) is 24.0. The van der Waals surface area contributed by atoms with Gasteiger partial charge in [0, 0.05) is 19.6 Å². The molecule has 3 aliphatic heterocycles. The van der Waals surface area contributed by atoms with E-state index in [-0.39, 0.29) is 23.1 Å². The van der Waals surface area contributed by atoms with Gasteiger partial charge in [-0.25, -0.2) is 12.7 Å². The fourth-order valence-corrected chi connectivity index (χ4v) is 9.20. The minimum absolute atomic E-state index is 0.134. The summed E-state index contributed by atoms with van der Waals surface area (Å²) in [7, 11) is -4.04. The van der Waals surface area contributed by atoms with Gasteiger partial charge in [-0.1, -0.05) is 82.7 Å². The average molecular weight is 639 g/mol. The maximum absolute atomic E-state index is 14.1. The predicted octanol–water partition coefficient (Wildman–Crippen LogP) is 4.64. The number of carbonyl (C=O) groups is 2. The number of ether oxygens (including phenoxy) is 1. The second kappa shape index (κ2) is 10.9. The van der Waals surface area contributed by atoms with Crippen molar-refractivity contribution in [3.63, 3.8) is 0 Å². The molecule has 6 rings (SSSR count). The molecule has 3 aromatic rings. The van der Waals surface area contributed by atoms with Gasteiger partial charge in [-0.05, 0) is 49.1 Å². The van der Waals surface area contributed by atoms with Gasteiger partial charge in [0.2, 0.25) is 11.8 Å². The van der Waals surface area contributed by atoms with Crippen molar-refractivity contribution in [2.75, 3.05) is 17.5 Å². The number of benzene rings is 3. The Hall–Kier alpha value is -3.21. The molecule has 0 N–H and O–H groups in total. The van der Waals surface area contributed by atoms with Crippen LogP contribution in [0.3, 0.4) is 0 Å². The van der Waals surface area contributed by atoms with Crippen LogP contribution in [0.2, 0.25) is 0 Å². The van der Waals surface area contributed by atoms with Crippen molar-refractivity contribution in [1.82, 2.24) is 9.80 Å². The molecule has 0 spiro atoms. The third kappa shape index (κ3) is 4.66. The predicted molar refractivity (Wildman–Crippen MR) is 159 cm³/mol. The van der Waals surface area contributed by atoms with Crippen molar-refractivity contribution >= 4 is 43.5 Å². The molecule has 0 bridgehead atoms. The number of unbranched alkanes of at least 4 members (excludes halogenated alkanes) is 1. The van der Waals surface area contributed by atoms with E-state index in [2.05, 4.69) is 15.9 Å². The zero-order valence-corrected chi connectivity index (χ0v) is 25.1. The number of carbonyl (C=O) groups excluding carboxylic acids is 2. The summed E-state index contributed by atoms with van der Waals surface area (Å²) >= 11 is 3.88. The van der Waals surface area contributed by atoms with Crippen molar-refractivity contribution in [2.24, 2.45) is 0 Å². The number of nitrogens with zero attached hydrogens (tertiary/aromatic N) is 3. The molecule has 3 aliphatic rings. The van der Waals surface area contributed by atoms with Crippen LogP contribution in [0.5, 0.6) is 0 Å². The van der Waals surface area contributed by atoms with Crippen molar-refractivity contribution in [3.05, 3.63) is 96.1 Å². The molecular formula is C31H32BrN3O5S. The van der Waals surface area contributed by atoms with Crippen molar-refractivity contribution in [2.45, 2.75) is 60.3 Å². The molecule has 2 saturated heterocycles. The first-order valence-corrected chi connectivity index (χ1v) is 16.1. The summed E-state index contributed by atoms with van der Waals surface area (Å²) in [4.78, 5) is 31.2. The van der Waals surface area contributed by atoms with Gasteiger partial charge in [-0.2, -0.15) is 0 Å². The first-order chi connectivity index (χ1) is 19.7. The monoisotopic (exact) mass is 637 g/mol. The van der Waals surface area contributed by atoms with E-state index in [1.54, 1.807) is 54.3 Å². The molecule has 0 aromatic heterocycles. The van der Waals surface area contributed by atoms with Crippen molar-refractivity contribution in [3.8, 4) is 0 Å². The number of piperazine rings is 1. The topological polar surface area (TPSA) is 87.2 Å². The summed E-state index contributed by atoms with van der Waals surface area (Å²) in [6.07, 6.45) is 0.838. The smallest absolute Gasteiger partial charge is 0.266 e. The lowest BCUT2D eigenvalue weighted by molar-refractivity contribution is -0.160. The third-order valence-electron chi connectivity index (χ3n) is 8.31. The molecule has 0 radical (unpaired) electrons. The van der Waals surface area contributed by atoms with Gasteiger partial charge in [0.1, 0.15) is 18.2 Å². The molecule has 3 aromatic carbocycles. The number of alkyl halides is 1. The molecule has 8 nitrogen and oxygen atoms in total. The van der Waals surface area contributed by atoms with E-state index in [0.29, 0.717) is 31.9 Å². The zero-order valence-electron chi connectivity index (χ0n) is 22.7. The molecule has 3 heterocycles. The van der Waals surface area contributed by atoms with E-state index in [0.717, 1.165) is 17.5 Å². The van der Waals surface area contributed by atoms with E-state index in [9.17, 15) is 18.0 Å². The van der Waals surface area contributed by atoms with Crippen LogP contribution in [0.4, 0.5) is 5.69 Å². The van der Waals surface area contributed by atoms with Gasteiger partial charge in [0.25, 0.3) is 10.0 Å². The third-order valence-corrected chi connectivity index (χ3v) is 11.2. The SMILES string of the molecule is C[C@H]1C(=O)N2[C@@H](C[C@]3(Br)c4ccccc4N(S(=O)(=O)c4ccccc4)[C@H]23)C(=O)N1CCCCOCc1ccccc1. The van der Waals surface area contributed by atoms with Crippen LogP contribution in [-0.2, 0) is 35.3 Å². The number of hydrogen-bond acceptors (Lipinski definition) is 5. The van der Waals surface area contributed by atoms with Gasteiger partial charge < -0.3 is 14.5 Å². The highest BCUT2D eigenvalue weighted by molar-refractivity contribution is 9.09. The fraction of sp³-hybridized carbons (Fsp3) is 0.355. The maximum Gasteiger partial charge on any atom is 0.266 e. The maximum atomic E-state index is 14.1. The number of amides is 2. The first kappa shape index (κ1) is 27.9. The molecule has 41 heavy (non-hydrogen) atoms. The highest BCUT2D eigenvalue weighted by Crippen LogP contribution is 2.60. The summed E-state index contributed by atoms with van der Waals surface area (Å²) in [6.45, 7) is 3.26. The van der Waals surface area contributed by atoms with Gasteiger partial charge >= 0.3 is 0 Å². The quantitative estimate of drug-likeness (QED) is 0.252.